The van der Waals surface area contributed by atoms with E-state index in [1.165, 1.54) is 5.57 Å². The van der Waals surface area contributed by atoms with E-state index in [-0.39, 0.29) is 6.04 Å². The minimum atomic E-state index is 0.225. The van der Waals surface area contributed by atoms with Gasteiger partial charge in [0.25, 0.3) is 0 Å². The summed E-state index contributed by atoms with van der Waals surface area (Å²) in [6.45, 7) is 4.18. The Hall–Kier alpha value is -0.610. The summed E-state index contributed by atoms with van der Waals surface area (Å²) in [5, 5.41) is 7.44. The molecule has 0 aliphatic carbocycles. The van der Waals surface area contributed by atoms with Crippen LogP contribution in [0.3, 0.4) is 0 Å². The van der Waals surface area contributed by atoms with Crippen LogP contribution in [0, 0.1) is 0 Å². The van der Waals surface area contributed by atoms with E-state index in [2.05, 4.69) is 46.3 Å². The molecule has 1 aromatic rings. The molecule has 4 heteroatoms. The van der Waals surface area contributed by atoms with Gasteiger partial charge in [0, 0.05) is 12.6 Å². The molecule has 0 aliphatic rings. The van der Waals surface area contributed by atoms with Gasteiger partial charge < -0.3 is 5.32 Å². The fourth-order valence-corrected chi connectivity index (χ4v) is 1.75. The number of nitrogens with one attached hydrogen (secondary N) is 1. The molecule has 14 heavy (non-hydrogen) atoms. The van der Waals surface area contributed by atoms with Crippen molar-refractivity contribution < 1.29 is 0 Å². The fourth-order valence-electron chi connectivity index (χ4n) is 1.31. The number of allylic oxidation sites excluding steroid dienone is 1. The van der Waals surface area contributed by atoms with Crippen molar-refractivity contribution in [2.24, 2.45) is 7.05 Å². The van der Waals surface area contributed by atoms with Crippen LogP contribution in [-0.4, -0.2) is 16.8 Å². The van der Waals surface area contributed by atoms with E-state index < -0.39 is 0 Å². The Kier molecular flexibility index (Phi) is 3.89. The van der Waals surface area contributed by atoms with E-state index in [4.69, 9.17) is 0 Å². The van der Waals surface area contributed by atoms with Crippen LogP contribution >= 0.6 is 15.9 Å². The zero-order valence-electron chi connectivity index (χ0n) is 9.00. The van der Waals surface area contributed by atoms with Gasteiger partial charge in [-0.3, -0.25) is 4.68 Å². The van der Waals surface area contributed by atoms with Crippen molar-refractivity contribution in [2.45, 2.75) is 19.9 Å². The number of likely N-dealkylation sites (N-methyl/N-ethyl adjacent to an activating group) is 1. The Morgan fingerprint density at radius 2 is 2.29 bits per heavy atom. The lowest BCUT2D eigenvalue weighted by molar-refractivity contribution is 0.698. The van der Waals surface area contributed by atoms with Crippen molar-refractivity contribution >= 4 is 15.9 Å². The summed E-state index contributed by atoms with van der Waals surface area (Å²) in [7, 11) is 3.87. The zero-order valence-corrected chi connectivity index (χ0v) is 10.6. The van der Waals surface area contributed by atoms with Gasteiger partial charge in [0.05, 0.1) is 12.2 Å². The van der Waals surface area contributed by atoms with Gasteiger partial charge in [0.1, 0.15) is 4.60 Å². The highest BCUT2D eigenvalue weighted by molar-refractivity contribution is 9.10. The molecule has 3 nitrogen and oxygen atoms in total. The van der Waals surface area contributed by atoms with Gasteiger partial charge in [-0.15, -0.1) is 0 Å². The van der Waals surface area contributed by atoms with Crippen LogP contribution in [0.2, 0.25) is 0 Å². The second kappa shape index (κ2) is 4.75. The molecule has 0 bridgehead atoms. The lowest BCUT2D eigenvalue weighted by Crippen LogP contribution is -2.14. The summed E-state index contributed by atoms with van der Waals surface area (Å²) < 4.78 is 2.84. The molecule has 0 spiro atoms. The van der Waals surface area contributed by atoms with Crippen LogP contribution < -0.4 is 5.32 Å². The molecular formula is C10H16BrN3. The van der Waals surface area contributed by atoms with Crippen molar-refractivity contribution in [3.8, 4) is 0 Å². The number of hydrogen-bond donors (Lipinski definition) is 1. The number of aryl methyl sites for hydroxylation is 1. The van der Waals surface area contributed by atoms with E-state index in [0.717, 1.165) is 10.2 Å². The first-order chi connectivity index (χ1) is 6.56. The second-order valence-electron chi connectivity index (χ2n) is 3.52. The van der Waals surface area contributed by atoms with Gasteiger partial charge >= 0.3 is 0 Å². The maximum atomic E-state index is 4.19. The van der Waals surface area contributed by atoms with Crippen LogP contribution in [0.4, 0.5) is 0 Å². The Bertz CT molecular complexity index is 337. The Balaban J connectivity index is 3.01. The van der Waals surface area contributed by atoms with Crippen molar-refractivity contribution in [3.05, 3.63) is 28.0 Å². The molecule has 1 atom stereocenters. The summed E-state index contributed by atoms with van der Waals surface area (Å²) in [5.41, 5.74) is 2.45. The molecule has 0 amide bonds. The second-order valence-corrected chi connectivity index (χ2v) is 4.28. The molecule has 0 saturated carbocycles. The molecule has 1 rings (SSSR count). The third kappa shape index (κ3) is 2.45. The molecule has 0 aliphatic heterocycles. The van der Waals surface area contributed by atoms with Crippen molar-refractivity contribution in [2.75, 3.05) is 7.05 Å². The highest BCUT2D eigenvalue weighted by atomic mass is 79.9. The van der Waals surface area contributed by atoms with E-state index in [1.807, 2.05) is 25.0 Å². The van der Waals surface area contributed by atoms with Gasteiger partial charge in [-0.2, -0.15) is 5.10 Å². The topological polar surface area (TPSA) is 29.9 Å². The minimum absolute atomic E-state index is 0.225. The molecule has 1 heterocycles. The largest absolute Gasteiger partial charge is 0.310 e. The number of nitrogens with zero attached hydrogens (tertiary/aromatic N) is 2. The third-order valence-corrected chi connectivity index (χ3v) is 3.01. The summed E-state index contributed by atoms with van der Waals surface area (Å²) in [6, 6.07) is 0.225. The van der Waals surface area contributed by atoms with Crippen LogP contribution in [0.25, 0.3) is 0 Å². The first-order valence-corrected chi connectivity index (χ1v) is 5.35. The van der Waals surface area contributed by atoms with Gasteiger partial charge in [0.15, 0.2) is 0 Å². The maximum absolute atomic E-state index is 4.19. The number of aromatic nitrogens is 2. The van der Waals surface area contributed by atoms with Crippen LogP contribution in [0.5, 0.6) is 0 Å². The summed E-state index contributed by atoms with van der Waals surface area (Å²) in [5.74, 6) is 0. The van der Waals surface area contributed by atoms with Crippen LogP contribution in [0.15, 0.2) is 22.4 Å². The monoisotopic (exact) mass is 257 g/mol. The minimum Gasteiger partial charge on any atom is -0.310 e. The number of halogens is 1. The highest BCUT2D eigenvalue weighted by Crippen LogP contribution is 2.23. The Morgan fingerprint density at radius 3 is 2.64 bits per heavy atom. The molecular weight excluding hydrogens is 242 g/mol. The van der Waals surface area contributed by atoms with Gasteiger partial charge in [-0.25, -0.2) is 0 Å². The van der Waals surface area contributed by atoms with E-state index >= 15 is 0 Å². The van der Waals surface area contributed by atoms with Gasteiger partial charge in [0.2, 0.25) is 0 Å². The van der Waals surface area contributed by atoms with Gasteiger partial charge in [-0.1, -0.05) is 11.6 Å². The molecule has 1 aromatic heterocycles. The van der Waals surface area contributed by atoms with E-state index in [1.54, 1.807) is 0 Å². The Labute approximate surface area is 93.3 Å². The van der Waals surface area contributed by atoms with E-state index in [9.17, 15) is 0 Å². The van der Waals surface area contributed by atoms with Crippen LogP contribution in [-0.2, 0) is 7.05 Å². The van der Waals surface area contributed by atoms with Crippen LogP contribution in [0.1, 0.15) is 25.5 Å². The third-order valence-electron chi connectivity index (χ3n) is 2.04. The van der Waals surface area contributed by atoms with Gasteiger partial charge in [-0.05, 0) is 36.8 Å². The lowest BCUT2D eigenvalue weighted by atomic mass is 10.1. The average Bonchev–Trinajstić information content (AvgIpc) is 2.44. The molecule has 78 valence electrons. The molecule has 1 N–H and O–H groups in total. The highest BCUT2D eigenvalue weighted by Gasteiger charge is 2.13. The predicted molar refractivity (Wildman–Crippen MR) is 62.1 cm³/mol. The lowest BCUT2D eigenvalue weighted by Gasteiger charge is -2.11. The SMILES string of the molecule is CNC(C=C(C)C)c1cnn(C)c1Br. The summed E-state index contributed by atoms with van der Waals surface area (Å²) in [6.07, 6.45) is 4.06. The zero-order chi connectivity index (χ0) is 10.7. The first kappa shape index (κ1) is 11.5. The molecule has 0 saturated heterocycles. The van der Waals surface area contributed by atoms with Crippen molar-refractivity contribution in [1.29, 1.82) is 0 Å². The average molecular weight is 258 g/mol. The summed E-state index contributed by atoms with van der Waals surface area (Å²) >= 11 is 3.51. The first-order valence-electron chi connectivity index (χ1n) is 4.56. The summed E-state index contributed by atoms with van der Waals surface area (Å²) in [4.78, 5) is 0. The quantitative estimate of drug-likeness (QED) is 0.844. The molecule has 0 aromatic carbocycles. The van der Waals surface area contributed by atoms with Crippen molar-refractivity contribution in [1.82, 2.24) is 15.1 Å². The predicted octanol–water partition coefficient (Wildman–Crippen LogP) is 2.41. The standard InChI is InChI=1S/C10H16BrN3/c1-7(2)5-9(12-3)8-6-13-14(4)10(8)11/h5-6,9,12H,1-4H3. The normalized spacial score (nSPS) is 12.6. The number of rotatable bonds is 3. The molecule has 0 fully saturated rings. The molecule has 1 unspecified atom stereocenters. The molecule has 0 radical (unpaired) electrons. The maximum Gasteiger partial charge on any atom is 0.108 e. The van der Waals surface area contributed by atoms with E-state index in [0.29, 0.717) is 0 Å². The van der Waals surface area contributed by atoms with Crippen molar-refractivity contribution in [3.63, 3.8) is 0 Å². The Morgan fingerprint density at radius 1 is 1.64 bits per heavy atom. The number of hydrogen-bond acceptors (Lipinski definition) is 2. The fraction of sp³-hybridized carbons (Fsp3) is 0.500. The smallest absolute Gasteiger partial charge is 0.108 e.